The Kier molecular flexibility index (Phi) is 8.61. The van der Waals surface area contributed by atoms with Gasteiger partial charge in [-0.2, -0.15) is 0 Å². The van der Waals surface area contributed by atoms with E-state index in [1.54, 1.807) is 7.05 Å². The summed E-state index contributed by atoms with van der Waals surface area (Å²) in [5.41, 5.74) is 18.1. The van der Waals surface area contributed by atoms with Crippen molar-refractivity contribution in [2.24, 2.45) is 17.2 Å². The highest BCUT2D eigenvalue weighted by atomic mass is 16.7. The van der Waals surface area contributed by atoms with Gasteiger partial charge < -0.3 is 52.4 Å². The van der Waals surface area contributed by atoms with Gasteiger partial charge in [-0.05, 0) is 26.8 Å². The average Bonchev–Trinajstić information content (AvgIpc) is 2.55. The third-order valence-electron chi connectivity index (χ3n) is 5.10. The molecular weight excluding hydrogens is 332 g/mol. The minimum atomic E-state index is -0.995. The van der Waals surface area contributed by atoms with Crippen LogP contribution in [0.15, 0.2) is 0 Å². The third-order valence-corrected chi connectivity index (χ3v) is 5.10. The summed E-state index contributed by atoms with van der Waals surface area (Å²) >= 11 is 0. The van der Waals surface area contributed by atoms with Crippen LogP contribution >= 0.6 is 0 Å². The van der Waals surface area contributed by atoms with Crippen LogP contribution in [0.3, 0.4) is 0 Å². The van der Waals surface area contributed by atoms with Crippen LogP contribution in [-0.4, -0.2) is 90.8 Å². The fourth-order valence-corrected chi connectivity index (χ4v) is 3.55. The minimum absolute atomic E-state index is 0. The highest BCUT2D eigenvalue weighted by Gasteiger charge is 2.50. The number of likely N-dealkylation sites (N-methyl/N-ethyl adjacent to an activating group) is 1. The molecule has 1 saturated heterocycles. The van der Waals surface area contributed by atoms with Gasteiger partial charge in [0.1, 0.15) is 12.2 Å². The maximum Gasteiger partial charge on any atom is 0.173 e. The smallest absolute Gasteiger partial charge is 0.173 e. The number of methoxy groups -OCH3 is 1. The second kappa shape index (κ2) is 9.51. The lowest BCUT2D eigenvalue weighted by Crippen LogP contribution is -2.71. The van der Waals surface area contributed by atoms with Crippen LogP contribution in [0.25, 0.3) is 0 Å². The van der Waals surface area contributed by atoms with E-state index < -0.39 is 42.8 Å². The first-order chi connectivity index (χ1) is 11.3. The second-order valence-electron chi connectivity index (χ2n) is 6.82. The Morgan fingerprint density at radius 2 is 1.80 bits per heavy atom. The molecule has 0 radical (unpaired) electrons. The van der Waals surface area contributed by atoms with E-state index in [1.165, 1.54) is 7.11 Å². The molecule has 1 aliphatic heterocycles. The molecule has 0 amide bonds. The average molecular weight is 366 g/mol. The Morgan fingerprint density at radius 3 is 2.32 bits per heavy atom. The fourth-order valence-electron chi connectivity index (χ4n) is 3.55. The standard InChI is InChI=1S/C15H32N4O5.H2O/c1-6(16)8-5-4-7(17)15(23-8)24-13-9(18)11(20)14(22-3)10(19-2)12(13)21;/h6-15,19-21H,4-5,16-18H2,1-3H3;1H2/t6-,7+,8-,9-,10-,11-,12+,13+,14+,15+;/m0./s1. The molecule has 0 aromatic carbocycles. The summed E-state index contributed by atoms with van der Waals surface area (Å²) in [7, 11) is 3.14. The van der Waals surface area contributed by atoms with Crippen molar-refractivity contribution in [2.45, 2.75) is 80.7 Å². The molecule has 150 valence electrons. The van der Waals surface area contributed by atoms with Crippen LogP contribution in [-0.2, 0) is 14.2 Å². The normalized spacial score (nSPS) is 46.3. The number of aliphatic hydroxyl groups is 2. The van der Waals surface area contributed by atoms with Gasteiger partial charge in [0, 0.05) is 13.2 Å². The molecule has 11 N–H and O–H groups in total. The summed E-state index contributed by atoms with van der Waals surface area (Å²) < 4.78 is 17.0. The van der Waals surface area contributed by atoms with Crippen LogP contribution in [0.4, 0.5) is 0 Å². The van der Waals surface area contributed by atoms with Gasteiger partial charge >= 0.3 is 0 Å². The first-order valence-corrected chi connectivity index (χ1v) is 8.45. The van der Waals surface area contributed by atoms with Gasteiger partial charge in [-0.25, -0.2) is 0 Å². The molecule has 2 rings (SSSR count). The highest BCUT2D eigenvalue weighted by Crippen LogP contribution is 2.28. The Morgan fingerprint density at radius 1 is 1.16 bits per heavy atom. The Bertz CT molecular complexity index is 404. The molecule has 10 atom stereocenters. The maximum absolute atomic E-state index is 10.6. The third kappa shape index (κ3) is 4.66. The molecule has 1 heterocycles. The van der Waals surface area contributed by atoms with E-state index in [1.807, 2.05) is 6.92 Å². The van der Waals surface area contributed by atoms with Gasteiger partial charge in [0.15, 0.2) is 6.29 Å². The molecular formula is C15H34N4O6. The van der Waals surface area contributed by atoms with E-state index >= 15 is 0 Å². The Balaban J connectivity index is 0.00000312. The van der Waals surface area contributed by atoms with Gasteiger partial charge in [-0.1, -0.05) is 0 Å². The van der Waals surface area contributed by atoms with Crippen LogP contribution < -0.4 is 22.5 Å². The maximum atomic E-state index is 10.6. The van der Waals surface area contributed by atoms with E-state index in [2.05, 4.69) is 5.32 Å². The summed E-state index contributed by atoms with van der Waals surface area (Å²) in [4.78, 5) is 0. The van der Waals surface area contributed by atoms with E-state index in [4.69, 9.17) is 31.4 Å². The van der Waals surface area contributed by atoms with Crippen molar-refractivity contribution in [3.63, 3.8) is 0 Å². The van der Waals surface area contributed by atoms with Crippen molar-refractivity contribution in [3.8, 4) is 0 Å². The molecule has 2 fully saturated rings. The quantitative estimate of drug-likeness (QED) is 0.285. The predicted octanol–water partition coefficient (Wildman–Crippen LogP) is -3.61. The van der Waals surface area contributed by atoms with Gasteiger partial charge in [0.05, 0.1) is 36.4 Å². The van der Waals surface area contributed by atoms with Crippen molar-refractivity contribution in [3.05, 3.63) is 0 Å². The lowest BCUT2D eigenvalue weighted by molar-refractivity contribution is -0.262. The summed E-state index contributed by atoms with van der Waals surface area (Å²) in [6, 6.07) is -1.85. The highest BCUT2D eigenvalue weighted by molar-refractivity contribution is 5.05. The zero-order chi connectivity index (χ0) is 18.0. The largest absolute Gasteiger partial charge is 0.412 e. The van der Waals surface area contributed by atoms with Gasteiger partial charge in [0.2, 0.25) is 0 Å². The van der Waals surface area contributed by atoms with Crippen molar-refractivity contribution in [1.82, 2.24) is 5.32 Å². The molecule has 1 saturated carbocycles. The van der Waals surface area contributed by atoms with Crippen molar-refractivity contribution >= 4 is 0 Å². The van der Waals surface area contributed by atoms with Gasteiger partial charge in [0.25, 0.3) is 0 Å². The zero-order valence-electron chi connectivity index (χ0n) is 15.0. The van der Waals surface area contributed by atoms with Crippen molar-refractivity contribution < 1.29 is 29.9 Å². The number of aliphatic hydroxyl groups excluding tert-OH is 2. The molecule has 25 heavy (non-hydrogen) atoms. The van der Waals surface area contributed by atoms with E-state index in [0.717, 1.165) is 6.42 Å². The molecule has 0 aromatic rings. The molecule has 1 aliphatic carbocycles. The second-order valence-corrected chi connectivity index (χ2v) is 6.82. The van der Waals surface area contributed by atoms with Crippen molar-refractivity contribution in [2.75, 3.05) is 14.2 Å². The lowest BCUT2D eigenvalue weighted by Gasteiger charge is -2.47. The molecule has 2 aliphatic rings. The minimum Gasteiger partial charge on any atom is -0.412 e. The van der Waals surface area contributed by atoms with E-state index in [0.29, 0.717) is 6.42 Å². The number of ether oxygens (including phenoxy) is 3. The predicted molar refractivity (Wildman–Crippen MR) is 91.6 cm³/mol. The van der Waals surface area contributed by atoms with Crippen LogP contribution in [0.5, 0.6) is 0 Å². The monoisotopic (exact) mass is 366 g/mol. The molecule has 0 aromatic heterocycles. The molecule has 0 spiro atoms. The molecule has 0 bridgehead atoms. The summed E-state index contributed by atoms with van der Waals surface area (Å²) in [5, 5.41) is 24.0. The van der Waals surface area contributed by atoms with Gasteiger partial charge in [-0.15, -0.1) is 0 Å². The summed E-state index contributed by atoms with van der Waals surface area (Å²) in [6.45, 7) is 1.86. The number of hydrogen-bond acceptors (Lipinski definition) is 9. The number of nitrogens with one attached hydrogen (secondary N) is 1. The zero-order valence-corrected chi connectivity index (χ0v) is 15.0. The molecule has 0 unspecified atom stereocenters. The first kappa shape index (κ1) is 22.6. The number of hydrogen-bond donors (Lipinski definition) is 6. The summed E-state index contributed by atoms with van der Waals surface area (Å²) in [6.07, 6.45) is -2.90. The lowest BCUT2D eigenvalue weighted by atomic mass is 9.81. The van der Waals surface area contributed by atoms with Crippen LogP contribution in [0.2, 0.25) is 0 Å². The van der Waals surface area contributed by atoms with Crippen LogP contribution in [0, 0.1) is 0 Å². The topological polar surface area (TPSA) is 190 Å². The number of nitrogens with two attached hydrogens (primary N) is 3. The van der Waals surface area contributed by atoms with Crippen molar-refractivity contribution in [1.29, 1.82) is 0 Å². The Hall–Kier alpha value is -0.400. The van der Waals surface area contributed by atoms with Crippen LogP contribution in [0.1, 0.15) is 19.8 Å². The molecule has 10 heteroatoms. The first-order valence-electron chi connectivity index (χ1n) is 8.45. The number of rotatable bonds is 5. The SMILES string of the molecule is CN[C@H]1[C@@H](O)[C@H](O[C@H]2O[C@H]([C@H](C)N)CC[C@H]2N)[C@@H](N)[C@H](O)[C@@H]1OC.O. The fraction of sp³-hybridized carbons (Fsp3) is 1.00. The van der Waals surface area contributed by atoms with Gasteiger partial charge in [-0.3, -0.25) is 0 Å². The molecule has 10 nitrogen and oxygen atoms in total. The van der Waals surface area contributed by atoms with E-state index in [9.17, 15) is 10.2 Å². The summed E-state index contributed by atoms with van der Waals surface area (Å²) in [5.74, 6) is 0. The van der Waals surface area contributed by atoms with E-state index in [-0.39, 0.29) is 23.7 Å². The Labute approximate surface area is 148 Å².